The molecule has 9 nitrogen and oxygen atoms in total. The molecule has 3 rings (SSSR count). The minimum absolute atomic E-state index is 0.143. The Kier molecular flexibility index (Phi) is 5.74. The van der Waals surface area contributed by atoms with Gasteiger partial charge in [-0.25, -0.2) is 15.0 Å². The van der Waals surface area contributed by atoms with Gasteiger partial charge < -0.3 is 15.2 Å². The fraction of sp³-hybridized carbons (Fsp3) is 0.188. The van der Waals surface area contributed by atoms with Crippen LogP contribution in [0.2, 0.25) is 0 Å². The van der Waals surface area contributed by atoms with E-state index in [1.54, 1.807) is 24.7 Å². The van der Waals surface area contributed by atoms with Gasteiger partial charge in [0.25, 0.3) is 0 Å². The second-order valence-electron chi connectivity index (χ2n) is 5.39. The Bertz CT molecular complexity index is 869. The summed E-state index contributed by atoms with van der Waals surface area (Å²) in [5, 5.41) is 17.5. The number of imidazole rings is 1. The van der Waals surface area contributed by atoms with Crippen LogP contribution in [-0.4, -0.2) is 31.0 Å². The van der Waals surface area contributed by atoms with E-state index in [9.17, 15) is 10.1 Å². The second-order valence-corrected chi connectivity index (χ2v) is 6.31. The highest BCUT2D eigenvalue weighted by molar-refractivity contribution is 9.10. The number of aromatic nitrogens is 4. The van der Waals surface area contributed by atoms with Crippen LogP contribution < -0.4 is 10.6 Å². The van der Waals surface area contributed by atoms with Gasteiger partial charge in [0.05, 0.1) is 11.3 Å². The third-order valence-electron chi connectivity index (χ3n) is 3.56. The van der Waals surface area contributed by atoms with Crippen molar-refractivity contribution in [2.45, 2.75) is 13.0 Å². The first kappa shape index (κ1) is 17.8. The zero-order valence-electron chi connectivity index (χ0n) is 13.7. The highest BCUT2D eigenvalue weighted by atomic mass is 79.9. The molecule has 10 heteroatoms. The summed E-state index contributed by atoms with van der Waals surface area (Å²) >= 11 is 3.35. The maximum absolute atomic E-state index is 11.5. The molecule has 0 bridgehead atoms. The first-order valence-electron chi connectivity index (χ1n) is 7.85. The largest absolute Gasteiger partial charge is 0.364 e. The van der Waals surface area contributed by atoms with Crippen molar-refractivity contribution in [2.24, 2.45) is 0 Å². The van der Waals surface area contributed by atoms with Gasteiger partial charge in [0.2, 0.25) is 11.6 Å². The lowest BCUT2D eigenvalue weighted by Gasteiger charge is -2.10. The predicted molar refractivity (Wildman–Crippen MR) is 101 cm³/mol. The van der Waals surface area contributed by atoms with Gasteiger partial charge in [0, 0.05) is 35.6 Å². The van der Waals surface area contributed by atoms with Gasteiger partial charge in [-0.2, -0.15) is 0 Å². The number of halogens is 1. The van der Waals surface area contributed by atoms with Gasteiger partial charge in [0.15, 0.2) is 0 Å². The molecule has 0 saturated carbocycles. The molecule has 0 saturated heterocycles. The summed E-state index contributed by atoms with van der Waals surface area (Å²) in [4.78, 5) is 23.1. The molecule has 0 amide bonds. The molecule has 1 aromatic carbocycles. The van der Waals surface area contributed by atoms with E-state index >= 15 is 0 Å². The number of hydrogen-bond donors (Lipinski definition) is 2. The summed E-state index contributed by atoms with van der Waals surface area (Å²) in [5.41, 5.74) is 0.513. The maximum Gasteiger partial charge on any atom is 0.353 e. The van der Waals surface area contributed by atoms with E-state index in [-0.39, 0.29) is 17.3 Å². The summed E-state index contributed by atoms with van der Waals surface area (Å²) in [6.07, 6.45) is 7.38. The number of aryl methyl sites for hydroxylation is 1. The van der Waals surface area contributed by atoms with Crippen LogP contribution in [0.15, 0.2) is 53.8 Å². The van der Waals surface area contributed by atoms with Crippen LogP contribution >= 0.6 is 15.9 Å². The molecule has 2 aromatic heterocycles. The quantitative estimate of drug-likeness (QED) is 0.327. The topological polar surface area (TPSA) is 111 Å². The second kappa shape index (κ2) is 8.39. The number of nitrogens with zero attached hydrogens (tertiary/aromatic N) is 5. The zero-order chi connectivity index (χ0) is 18.4. The third-order valence-corrected chi connectivity index (χ3v) is 4.09. The molecule has 2 heterocycles. The van der Waals surface area contributed by atoms with Gasteiger partial charge >= 0.3 is 5.69 Å². The molecule has 0 atom stereocenters. The molecule has 26 heavy (non-hydrogen) atoms. The first-order chi connectivity index (χ1) is 12.6. The summed E-state index contributed by atoms with van der Waals surface area (Å²) in [6.45, 7) is 1.30. The van der Waals surface area contributed by atoms with Crippen LogP contribution in [0.3, 0.4) is 0 Å². The number of nitro groups is 1. The first-order valence-corrected chi connectivity index (χ1v) is 8.64. The van der Waals surface area contributed by atoms with Crippen LogP contribution in [0.25, 0.3) is 0 Å². The van der Waals surface area contributed by atoms with Crippen molar-refractivity contribution in [1.82, 2.24) is 19.5 Å². The lowest BCUT2D eigenvalue weighted by molar-refractivity contribution is -0.383. The normalized spacial score (nSPS) is 10.5. The standard InChI is InChI=1S/C16H16BrN7O2/c17-12-2-4-13(5-3-12)22-16-14(24(25)26)15(20-10-21-16)19-6-1-8-23-9-7-18-11-23/h2-5,7,9-11H,1,6,8H2,(H2,19,20,21,22). The van der Waals surface area contributed by atoms with Gasteiger partial charge in [-0.15, -0.1) is 0 Å². The van der Waals surface area contributed by atoms with E-state index in [1.807, 2.05) is 22.9 Å². The molecule has 0 radical (unpaired) electrons. The van der Waals surface area contributed by atoms with E-state index in [1.165, 1.54) is 6.33 Å². The molecule has 0 aliphatic rings. The Labute approximate surface area is 157 Å². The summed E-state index contributed by atoms with van der Waals surface area (Å²) < 4.78 is 2.86. The molecule has 2 N–H and O–H groups in total. The molecular weight excluding hydrogens is 402 g/mol. The van der Waals surface area contributed by atoms with E-state index < -0.39 is 4.92 Å². The molecule has 0 fully saturated rings. The minimum atomic E-state index is -0.487. The average Bonchev–Trinajstić information content (AvgIpc) is 3.14. The maximum atomic E-state index is 11.5. The van der Waals surface area contributed by atoms with Gasteiger partial charge in [-0.1, -0.05) is 15.9 Å². The van der Waals surface area contributed by atoms with Crippen LogP contribution in [-0.2, 0) is 6.54 Å². The number of rotatable bonds is 8. The van der Waals surface area contributed by atoms with Crippen LogP contribution in [0.5, 0.6) is 0 Å². The van der Waals surface area contributed by atoms with Gasteiger partial charge in [-0.3, -0.25) is 10.1 Å². The van der Waals surface area contributed by atoms with Crippen LogP contribution in [0.4, 0.5) is 23.0 Å². The Morgan fingerprint density at radius 3 is 2.65 bits per heavy atom. The molecule has 3 aromatic rings. The number of anilines is 3. The molecule has 0 aliphatic carbocycles. The SMILES string of the molecule is O=[N+]([O-])c1c(NCCCn2ccnc2)ncnc1Nc1ccc(Br)cc1. The van der Waals surface area contributed by atoms with Crippen molar-refractivity contribution >= 4 is 38.9 Å². The number of hydrogen-bond acceptors (Lipinski definition) is 7. The van der Waals surface area contributed by atoms with Gasteiger partial charge in [0.1, 0.15) is 6.33 Å². The van der Waals surface area contributed by atoms with Crippen molar-refractivity contribution in [3.05, 3.63) is 63.9 Å². The Balaban J connectivity index is 1.70. The van der Waals surface area contributed by atoms with Crippen molar-refractivity contribution in [3.8, 4) is 0 Å². The third kappa shape index (κ3) is 4.54. The van der Waals surface area contributed by atoms with Crippen LogP contribution in [0, 0.1) is 10.1 Å². The average molecular weight is 418 g/mol. The predicted octanol–water partition coefficient (Wildman–Crippen LogP) is 3.59. The fourth-order valence-corrected chi connectivity index (χ4v) is 2.59. The van der Waals surface area contributed by atoms with Crippen molar-refractivity contribution in [1.29, 1.82) is 0 Å². The monoisotopic (exact) mass is 417 g/mol. The van der Waals surface area contributed by atoms with Crippen molar-refractivity contribution < 1.29 is 4.92 Å². The number of nitrogens with one attached hydrogen (secondary N) is 2. The highest BCUT2D eigenvalue weighted by Gasteiger charge is 2.22. The Morgan fingerprint density at radius 2 is 1.96 bits per heavy atom. The van der Waals surface area contributed by atoms with Crippen molar-refractivity contribution in [2.75, 3.05) is 17.2 Å². The number of benzene rings is 1. The molecule has 0 aliphatic heterocycles. The lowest BCUT2D eigenvalue weighted by atomic mass is 10.3. The molecule has 134 valence electrons. The fourth-order valence-electron chi connectivity index (χ4n) is 2.33. The summed E-state index contributed by atoms with van der Waals surface area (Å²) in [5.74, 6) is 0.333. The molecule has 0 unspecified atom stereocenters. The van der Waals surface area contributed by atoms with E-state index in [0.29, 0.717) is 12.2 Å². The van der Waals surface area contributed by atoms with Crippen LogP contribution in [0.1, 0.15) is 6.42 Å². The molecular formula is C16H16BrN7O2. The minimum Gasteiger partial charge on any atom is -0.364 e. The zero-order valence-corrected chi connectivity index (χ0v) is 15.3. The van der Waals surface area contributed by atoms with E-state index in [0.717, 1.165) is 17.4 Å². The Hall–Kier alpha value is -3.01. The van der Waals surface area contributed by atoms with Crippen molar-refractivity contribution in [3.63, 3.8) is 0 Å². The Morgan fingerprint density at radius 1 is 1.19 bits per heavy atom. The summed E-state index contributed by atoms with van der Waals surface area (Å²) in [7, 11) is 0. The molecule has 0 spiro atoms. The van der Waals surface area contributed by atoms with Gasteiger partial charge in [-0.05, 0) is 30.7 Å². The highest BCUT2D eigenvalue weighted by Crippen LogP contribution is 2.31. The smallest absolute Gasteiger partial charge is 0.353 e. The summed E-state index contributed by atoms with van der Waals surface area (Å²) in [6, 6.07) is 7.28. The lowest BCUT2D eigenvalue weighted by Crippen LogP contribution is -2.10. The van der Waals surface area contributed by atoms with E-state index in [2.05, 4.69) is 41.5 Å². The van der Waals surface area contributed by atoms with E-state index in [4.69, 9.17) is 0 Å².